The molecule has 6 nitrogen and oxygen atoms in total. The van der Waals surface area contributed by atoms with Gasteiger partial charge in [-0.15, -0.1) is 0 Å². The molecule has 0 radical (unpaired) electrons. The quantitative estimate of drug-likeness (QED) is 0.318. The number of benzene rings is 1. The Morgan fingerprint density at radius 1 is 0.864 bits per heavy atom. The Morgan fingerprint density at radius 2 is 1.64 bits per heavy atom. The number of likely N-dealkylation sites (tertiary alicyclic amines) is 1. The van der Waals surface area contributed by atoms with Gasteiger partial charge >= 0.3 is 0 Å². The van der Waals surface area contributed by atoms with Gasteiger partial charge in [-0.2, -0.15) is 0 Å². The van der Waals surface area contributed by atoms with E-state index in [1.807, 2.05) is 4.90 Å². The summed E-state index contributed by atoms with van der Waals surface area (Å²) in [5.74, 6) is 4.90. The molecule has 4 bridgehead atoms. The van der Waals surface area contributed by atoms with Crippen LogP contribution in [0.5, 0.6) is 0 Å². The van der Waals surface area contributed by atoms with Crippen LogP contribution in [0.15, 0.2) is 24.3 Å². The van der Waals surface area contributed by atoms with E-state index in [9.17, 15) is 4.79 Å². The van der Waals surface area contributed by atoms with Crippen molar-refractivity contribution in [1.82, 2.24) is 24.3 Å². The molecule has 242 valence electrons. The first-order valence-electron chi connectivity index (χ1n) is 18.7. The smallest absolute Gasteiger partial charge is 0.236 e. The van der Waals surface area contributed by atoms with E-state index in [4.69, 9.17) is 4.98 Å². The highest BCUT2D eigenvalue weighted by atomic mass is 16.2. The zero-order valence-corrected chi connectivity index (χ0v) is 28.0. The Kier molecular flexibility index (Phi) is 9.38. The molecule has 7 atom stereocenters. The van der Waals surface area contributed by atoms with Crippen molar-refractivity contribution < 1.29 is 4.79 Å². The van der Waals surface area contributed by atoms with Crippen molar-refractivity contribution in [3.05, 3.63) is 30.1 Å². The lowest BCUT2D eigenvalue weighted by Gasteiger charge is -2.56. The summed E-state index contributed by atoms with van der Waals surface area (Å²) in [7, 11) is 0. The van der Waals surface area contributed by atoms with Crippen molar-refractivity contribution in [2.75, 3.05) is 32.7 Å². The van der Waals surface area contributed by atoms with Gasteiger partial charge in [0.15, 0.2) is 0 Å². The van der Waals surface area contributed by atoms with Crippen LogP contribution in [-0.4, -0.2) is 81.0 Å². The van der Waals surface area contributed by atoms with Crippen molar-refractivity contribution in [2.45, 2.75) is 135 Å². The minimum atomic E-state index is 0.285. The number of carbonyl (C=O) groups excluding carboxylic acids is 1. The maximum absolute atomic E-state index is 12.9. The molecule has 6 heteroatoms. The van der Waals surface area contributed by atoms with Gasteiger partial charge < -0.3 is 9.47 Å². The molecule has 2 aromatic rings. The van der Waals surface area contributed by atoms with Crippen LogP contribution >= 0.6 is 0 Å². The largest absolute Gasteiger partial charge is 0.342 e. The first-order valence-corrected chi connectivity index (χ1v) is 18.7. The average Bonchev–Trinajstić information content (AvgIpc) is 3.29. The molecule has 0 N–H and O–H groups in total. The molecule has 44 heavy (non-hydrogen) atoms. The van der Waals surface area contributed by atoms with Crippen LogP contribution in [0.1, 0.15) is 116 Å². The fourth-order valence-corrected chi connectivity index (χ4v) is 10.8. The molecule has 3 saturated heterocycles. The van der Waals surface area contributed by atoms with E-state index < -0.39 is 0 Å². The van der Waals surface area contributed by atoms with Gasteiger partial charge in [-0.05, 0) is 114 Å². The Labute approximate surface area is 266 Å². The standard InChI is InChI=1S/C38H59N5O/c1-4-41(5-2)38(44)26-40-18-10-13-30(25-40)22-37-39-34-14-8-9-15-35(34)43(37)33-23-31-17-16-27(3)36(24-33)42(31)32-20-28-11-6-7-12-29(19-28)21-32/h8-9,14-15,27-33,36H,4-7,10-13,16-26H2,1-3H3. The van der Waals surface area contributed by atoms with Crippen LogP contribution in [0.2, 0.25) is 0 Å². The number of amides is 1. The molecule has 2 saturated carbocycles. The van der Waals surface area contributed by atoms with E-state index in [-0.39, 0.29) is 5.91 Å². The monoisotopic (exact) mass is 601 g/mol. The number of nitrogens with zero attached hydrogens (tertiary/aromatic N) is 5. The second-order valence-corrected chi connectivity index (χ2v) is 15.6. The molecule has 1 aromatic heterocycles. The fourth-order valence-electron chi connectivity index (χ4n) is 10.8. The van der Waals surface area contributed by atoms with Crippen LogP contribution in [0, 0.1) is 23.7 Å². The molecule has 1 amide bonds. The van der Waals surface area contributed by atoms with Crippen LogP contribution in [0.3, 0.4) is 0 Å². The number of imidazole rings is 1. The van der Waals surface area contributed by atoms with E-state index in [2.05, 4.69) is 59.4 Å². The van der Waals surface area contributed by atoms with E-state index in [0.29, 0.717) is 24.5 Å². The normalized spacial score (nSPS) is 35.0. The van der Waals surface area contributed by atoms with Crippen LogP contribution in [0.4, 0.5) is 0 Å². The predicted octanol–water partition coefficient (Wildman–Crippen LogP) is 7.32. The second-order valence-electron chi connectivity index (χ2n) is 15.6. The average molecular weight is 602 g/mol. The first-order chi connectivity index (χ1) is 21.5. The molecule has 7 rings (SSSR count). The first kappa shape index (κ1) is 30.7. The SMILES string of the molecule is CCN(CC)C(=O)CN1CCCC(Cc2nc3ccccc3n2C2CC3CCC(C)C(C2)N3C2CC3CCCCC(C3)C2)C1. The number of fused-ring (bicyclic) bond motifs is 5. The van der Waals surface area contributed by atoms with E-state index in [1.165, 1.54) is 100 Å². The third-order valence-electron chi connectivity index (χ3n) is 12.8. The maximum Gasteiger partial charge on any atom is 0.236 e. The van der Waals surface area contributed by atoms with E-state index >= 15 is 0 Å². The van der Waals surface area contributed by atoms with Crippen molar-refractivity contribution in [3.63, 3.8) is 0 Å². The van der Waals surface area contributed by atoms with Crippen molar-refractivity contribution >= 4 is 16.9 Å². The topological polar surface area (TPSA) is 44.6 Å². The third kappa shape index (κ3) is 6.24. The number of rotatable bonds is 8. The molecular weight excluding hydrogens is 542 g/mol. The van der Waals surface area contributed by atoms with Crippen molar-refractivity contribution in [3.8, 4) is 0 Å². The van der Waals surface area contributed by atoms with Gasteiger partial charge in [0.2, 0.25) is 5.91 Å². The molecule has 0 spiro atoms. The molecular formula is C38H59N5O. The molecule has 3 aliphatic heterocycles. The number of para-hydroxylation sites is 2. The Balaban J connectivity index is 1.11. The lowest BCUT2D eigenvalue weighted by Crippen LogP contribution is -2.60. The van der Waals surface area contributed by atoms with Gasteiger partial charge in [0.05, 0.1) is 17.6 Å². The van der Waals surface area contributed by atoms with Gasteiger partial charge in [-0.1, -0.05) is 44.7 Å². The number of piperidine rings is 3. The minimum absolute atomic E-state index is 0.285. The summed E-state index contributed by atoms with van der Waals surface area (Å²) in [5.41, 5.74) is 2.52. The highest BCUT2D eigenvalue weighted by molar-refractivity contribution is 5.78. The summed E-state index contributed by atoms with van der Waals surface area (Å²) in [6.07, 6.45) is 19.2. The highest BCUT2D eigenvalue weighted by Crippen LogP contribution is 2.49. The van der Waals surface area contributed by atoms with E-state index in [0.717, 1.165) is 62.4 Å². The summed E-state index contributed by atoms with van der Waals surface area (Å²) in [6.45, 7) is 11.0. The fraction of sp³-hybridized carbons (Fsp3) is 0.789. The lowest BCUT2D eigenvalue weighted by molar-refractivity contribution is -0.132. The van der Waals surface area contributed by atoms with Crippen LogP contribution in [0.25, 0.3) is 11.0 Å². The summed E-state index contributed by atoms with van der Waals surface area (Å²) in [5, 5.41) is 0. The lowest BCUT2D eigenvalue weighted by atomic mass is 9.71. The summed E-state index contributed by atoms with van der Waals surface area (Å²) in [4.78, 5) is 25.8. The molecule has 2 aliphatic carbocycles. The Hall–Kier alpha value is -1.92. The Morgan fingerprint density at radius 3 is 2.41 bits per heavy atom. The number of hydrogen-bond acceptors (Lipinski definition) is 4. The van der Waals surface area contributed by atoms with Gasteiger partial charge in [-0.25, -0.2) is 4.98 Å². The van der Waals surface area contributed by atoms with Crippen molar-refractivity contribution in [1.29, 1.82) is 0 Å². The molecule has 1 aromatic carbocycles. The summed E-state index contributed by atoms with van der Waals surface area (Å²) in [6, 6.07) is 11.7. The van der Waals surface area contributed by atoms with Crippen LogP contribution in [-0.2, 0) is 11.2 Å². The minimum Gasteiger partial charge on any atom is -0.342 e. The third-order valence-corrected chi connectivity index (χ3v) is 12.8. The molecule has 5 fully saturated rings. The van der Waals surface area contributed by atoms with Gasteiger partial charge in [0.25, 0.3) is 0 Å². The van der Waals surface area contributed by atoms with Gasteiger partial charge in [-0.3, -0.25) is 14.6 Å². The van der Waals surface area contributed by atoms with Gasteiger partial charge in [0.1, 0.15) is 5.82 Å². The Bertz CT molecular complexity index is 1260. The number of carbonyl (C=O) groups is 1. The zero-order valence-electron chi connectivity index (χ0n) is 28.0. The predicted molar refractivity (Wildman–Crippen MR) is 180 cm³/mol. The molecule has 7 unspecified atom stereocenters. The second kappa shape index (κ2) is 13.4. The molecule has 5 aliphatic rings. The summed E-state index contributed by atoms with van der Waals surface area (Å²) < 4.78 is 2.73. The highest BCUT2D eigenvalue weighted by Gasteiger charge is 2.47. The van der Waals surface area contributed by atoms with E-state index in [1.54, 1.807) is 0 Å². The number of aromatic nitrogens is 2. The summed E-state index contributed by atoms with van der Waals surface area (Å²) >= 11 is 0. The van der Waals surface area contributed by atoms with Gasteiger partial charge in [0, 0.05) is 50.2 Å². The van der Waals surface area contributed by atoms with Crippen LogP contribution < -0.4 is 0 Å². The molecule has 4 heterocycles. The number of hydrogen-bond donors (Lipinski definition) is 0. The number of likely N-dealkylation sites (N-methyl/N-ethyl adjacent to an activating group) is 1. The van der Waals surface area contributed by atoms with Crippen molar-refractivity contribution in [2.24, 2.45) is 23.7 Å². The zero-order chi connectivity index (χ0) is 30.2. The maximum atomic E-state index is 12.9.